The SMILES string of the molecule is CC1(C)C[C@@H](OCCCO)[C@]2(C)CC[C@]3(C)C(=CC[C@@H]4[C@@]5(C)CC[C@H](O)[C@](C)(CO)[C@@H]5CC[C@]43C)[C@@H]2C1. The van der Waals surface area contributed by atoms with Crippen molar-refractivity contribution in [1.29, 1.82) is 0 Å². The average molecular weight is 517 g/mol. The van der Waals surface area contributed by atoms with E-state index in [0.717, 1.165) is 38.5 Å². The monoisotopic (exact) mass is 516 g/mol. The van der Waals surface area contributed by atoms with E-state index in [0.29, 0.717) is 24.4 Å². The smallest absolute Gasteiger partial charge is 0.0639 e. The first-order valence-electron chi connectivity index (χ1n) is 15.4. The van der Waals surface area contributed by atoms with E-state index in [1.165, 1.54) is 25.7 Å². The Balaban J connectivity index is 1.53. The highest BCUT2D eigenvalue weighted by Gasteiger charge is 2.69. The van der Waals surface area contributed by atoms with Crippen LogP contribution in [0.2, 0.25) is 0 Å². The summed E-state index contributed by atoms with van der Waals surface area (Å²) < 4.78 is 6.57. The number of ether oxygens (including phenoxy) is 1. The summed E-state index contributed by atoms with van der Waals surface area (Å²) in [7, 11) is 0. The standard InChI is InChI=1S/C33H56O4/c1-28(2)19-23-22-9-10-25-30(4)13-12-26(36)31(5,21-35)24(30)11-14-33(25,7)32(22,6)16-15-29(23,3)27(20-28)37-18-8-17-34/h9,23-27,34-36H,8,10-21H2,1-7H3/t23-,24+,25+,26-,27+,29+,30-,31+,32+,33+/m0/s1. The van der Waals surface area contributed by atoms with Crippen LogP contribution in [-0.2, 0) is 4.74 Å². The van der Waals surface area contributed by atoms with Crippen LogP contribution in [0.5, 0.6) is 0 Å². The van der Waals surface area contributed by atoms with Gasteiger partial charge in [-0.25, -0.2) is 0 Å². The minimum Gasteiger partial charge on any atom is -0.396 e. The zero-order chi connectivity index (χ0) is 27.1. The van der Waals surface area contributed by atoms with Crippen molar-refractivity contribution in [3.63, 3.8) is 0 Å². The molecule has 37 heavy (non-hydrogen) atoms. The molecule has 0 aromatic rings. The first kappa shape index (κ1) is 28.1. The van der Waals surface area contributed by atoms with Gasteiger partial charge in [0.25, 0.3) is 0 Å². The highest BCUT2D eigenvalue weighted by atomic mass is 16.5. The first-order valence-corrected chi connectivity index (χ1v) is 15.4. The molecule has 3 N–H and O–H groups in total. The predicted molar refractivity (Wildman–Crippen MR) is 149 cm³/mol. The molecule has 0 aromatic heterocycles. The molecular formula is C33H56O4. The molecule has 212 valence electrons. The zero-order valence-corrected chi connectivity index (χ0v) is 24.9. The maximum atomic E-state index is 11.0. The molecule has 4 saturated carbocycles. The third-order valence-corrected chi connectivity index (χ3v) is 13.8. The zero-order valence-electron chi connectivity index (χ0n) is 24.9. The topological polar surface area (TPSA) is 69.9 Å². The molecule has 5 rings (SSSR count). The number of aliphatic hydroxyl groups is 3. The molecular weight excluding hydrogens is 460 g/mol. The fourth-order valence-corrected chi connectivity index (χ4v) is 11.2. The number of fused-ring (bicyclic) bond motifs is 7. The Labute approximate surface area is 226 Å². The van der Waals surface area contributed by atoms with Gasteiger partial charge < -0.3 is 20.1 Å². The molecule has 0 spiro atoms. The molecule has 4 nitrogen and oxygen atoms in total. The van der Waals surface area contributed by atoms with E-state index in [1.54, 1.807) is 5.57 Å². The van der Waals surface area contributed by atoms with E-state index in [2.05, 4.69) is 54.5 Å². The average Bonchev–Trinajstić information content (AvgIpc) is 2.83. The van der Waals surface area contributed by atoms with Crippen LogP contribution in [0.3, 0.4) is 0 Å². The van der Waals surface area contributed by atoms with Gasteiger partial charge in [-0.2, -0.15) is 0 Å². The number of hydrogen-bond donors (Lipinski definition) is 3. The van der Waals surface area contributed by atoms with Crippen LogP contribution in [0.25, 0.3) is 0 Å². The minimum atomic E-state index is -0.396. The number of aliphatic hydroxyl groups excluding tert-OH is 3. The van der Waals surface area contributed by atoms with Crippen LogP contribution in [0.4, 0.5) is 0 Å². The molecule has 4 fully saturated rings. The Morgan fingerprint density at radius 2 is 1.59 bits per heavy atom. The molecule has 0 amide bonds. The van der Waals surface area contributed by atoms with E-state index >= 15 is 0 Å². The summed E-state index contributed by atoms with van der Waals surface area (Å²) >= 11 is 0. The van der Waals surface area contributed by atoms with E-state index < -0.39 is 11.5 Å². The lowest BCUT2D eigenvalue weighted by atomic mass is 9.33. The lowest BCUT2D eigenvalue weighted by molar-refractivity contribution is -0.220. The molecule has 0 aromatic carbocycles. The molecule has 5 aliphatic rings. The van der Waals surface area contributed by atoms with Gasteiger partial charge in [0.1, 0.15) is 0 Å². The quantitative estimate of drug-likeness (QED) is 0.287. The van der Waals surface area contributed by atoms with Crippen LogP contribution < -0.4 is 0 Å². The second kappa shape index (κ2) is 9.05. The second-order valence-corrected chi connectivity index (χ2v) is 16.1. The van der Waals surface area contributed by atoms with E-state index in [-0.39, 0.29) is 46.4 Å². The number of rotatable bonds is 5. The molecule has 4 heteroatoms. The maximum Gasteiger partial charge on any atom is 0.0639 e. The van der Waals surface area contributed by atoms with Crippen LogP contribution in [-0.4, -0.2) is 47.3 Å². The third-order valence-electron chi connectivity index (χ3n) is 13.8. The molecule has 10 atom stereocenters. The van der Waals surface area contributed by atoms with Crippen LogP contribution >= 0.6 is 0 Å². The first-order chi connectivity index (χ1) is 17.2. The number of hydrogen-bond acceptors (Lipinski definition) is 4. The van der Waals surface area contributed by atoms with Gasteiger partial charge in [0.05, 0.1) is 18.8 Å². The van der Waals surface area contributed by atoms with Crippen molar-refractivity contribution >= 4 is 0 Å². The Morgan fingerprint density at radius 3 is 2.27 bits per heavy atom. The van der Waals surface area contributed by atoms with Gasteiger partial charge in [-0.05, 0) is 104 Å². The van der Waals surface area contributed by atoms with Gasteiger partial charge in [-0.15, -0.1) is 0 Å². The van der Waals surface area contributed by atoms with Crippen LogP contribution in [0.1, 0.15) is 113 Å². The molecule has 0 radical (unpaired) electrons. The summed E-state index contributed by atoms with van der Waals surface area (Å²) in [6, 6.07) is 0. The molecule has 0 saturated heterocycles. The Bertz CT molecular complexity index is 912. The lowest BCUT2D eigenvalue weighted by Gasteiger charge is -2.71. The Morgan fingerprint density at radius 1 is 0.865 bits per heavy atom. The molecule has 0 aliphatic heterocycles. The summed E-state index contributed by atoms with van der Waals surface area (Å²) in [5.74, 6) is 1.51. The Hall–Kier alpha value is -0.420. The van der Waals surface area contributed by atoms with Crippen molar-refractivity contribution in [2.75, 3.05) is 19.8 Å². The normalized spacial score (nSPS) is 52.8. The maximum absolute atomic E-state index is 11.0. The van der Waals surface area contributed by atoms with Gasteiger partial charge in [0.2, 0.25) is 0 Å². The predicted octanol–water partition coefficient (Wildman–Crippen LogP) is 6.52. The van der Waals surface area contributed by atoms with Crippen molar-refractivity contribution in [2.24, 2.45) is 50.2 Å². The largest absolute Gasteiger partial charge is 0.396 e. The van der Waals surface area contributed by atoms with Gasteiger partial charge in [0.15, 0.2) is 0 Å². The third kappa shape index (κ3) is 3.81. The van der Waals surface area contributed by atoms with Gasteiger partial charge in [-0.1, -0.05) is 60.1 Å². The summed E-state index contributed by atoms with van der Waals surface area (Å²) in [4.78, 5) is 0. The van der Waals surface area contributed by atoms with Gasteiger partial charge >= 0.3 is 0 Å². The molecule has 0 bridgehead atoms. The van der Waals surface area contributed by atoms with Crippen molar-refractivity contribution in [2.45, 2.75) is 125 Å². The van der Waals surface area contributed by atoms with Crippen molar-refractivity contribution in [3.8, 4) is 0 Å². The second-order valence-electron chi connectivity index (χ2n) is 16.1. The fourth-order valence-electron chi connectivity index (χ4n) is 11.2. The lowest BCUT2D eigenvalue weighted by Crippen LogP contribution is -2.66. The number of allylic oxidation sites excluding steroid dienone is 2. The molecule has 0 unspecified atom stereocenters. The molecule has 5 aliphatic carbocycles. The van der Waals surface area contributed by atoms with E-state index in [4.69, 9.17) is 4.74 Å². The van der Waals surface area contributed by atoms with Crippen LogP contribution in [0, 0.1) is 50.2 Å². The fraction of sp³-hybridized carbons (Fsp3) is 0.939. The van der Waals surface area contributed by atoms with E-state index in [1.807, 2.05) is 0 Å². The Kier molecular flexibility index (Phi) is 6.88. The summed E-state index contributed by atoms with van der Waals surface area (Å²) in [5.41, 5.74) is 2.31. The highest BCUT2D eigenvalue weighted by molar-refractivity contribution is 5.34. The minimum absolute atomic E-state index is 0.0867. The van der Waals surface area contributed by atoms with Crippen LogP contribution in [0.15, 0.2) is 11.6 Å². The van der Waals surface area contributed by atoms with Crippen molar-refractivity contribution < 1.29 is 20.1 Å². The van der Waals surface area contributed by atoms with Gasteiger partial charge in [-0.3, -0.25) is 0 Å². The summed E-state index contributed by atoms with van der Waals surface area (Å²) in [6.07, 6.45) is 13.4. The summed E-state index contributed by atoms with van der Waals surface area (Å²) in [5, 5.41) is 30.8. The highest BCUT2D eigenvalue weighted by Crippen LogP contribution is 2.75. The van der Waals surface area contributed by atoms with Crippen molar-refractivity contribution in [1.82, 2.24) is 0 Å². The molecule has 0 heterocycles. The van der Waals surface area contributed by atoms with Crippen molar-refractivity contribution in [3.05, 3.63) is 11.6 Å². The summed E-state index contributed by atoms with van der Waals surface area (Å²) in [6.45, 7) is 18.2. The van der Waals surface area contributed by atoms with Gasteiger partial charge in [0, 0.05) is 24.0 Å². The van der Waals surface area contributed by atoms with E-state index in [9.17, 15) is 15.3 Å².